The smallest absolute Gasteiger partial charge is 0.168 e. The molecule has 2 rings (SSSR count). The van der Waals surface area contributed by atoms with Gasteiger partial charge in [0, 0.05) is 32.7 Å². The van der Waals surface area contributed by atoms with Crippen LogP contribution in [0.5, 0.6) is 0 Å². The van der Waals surface area contributed by atoms with Crippen molar-refractivity contribution in [3.63, 3.8) is 0 Å². The minimum absolute atomic E-state index is 0.754. The van der Waals surface area contributed by atoms with Crippen LogP contribution in [0, 0.1) is 0 Å². The maximum Gasteiger partial charge on any atom is 0.168 e. The van der Waals surface area contributed by atoms with Gasteiger partial charge in [-0.05, 0) is 38.0 Å². The van der Waals surface area contributed by atoms with Crippen LogP contribution in [0.1, 0.15) is 19.3 Å². The average molecular weight is 213 g/mol. The van der Waals surface area contributed by atoms with Gasteiger partial charge in [-0.25, -0.2) is 0 Å². The molecule has 3 nitrogen and oxygen atoms in total. The summed E-state index contributed by atoms with van der Waals surface area (Å²) < 4.78 is 0. The second kappa shape index (κ2) is 4.45. The highest BCUT2D eigenvalue weighted by atomic mass is 32.1. The van der Waals surface area contributed by atoms with Crippen molar-refractivity contribution in [2.75, 3.05) is 33.2 Å². The molecule has 1 atom stereocenters. The highest BCUT2D eigenvalue weighted by Gasteiger charge is 2.29. The van der Waals surface area contributed by atoms with Crippen LogP contribution in [0.2, 0.25) is 0 Å². The van der Waals surface area contributed by atoms with Gasteiger partial charge in [-0.15, -0.1) is 0 Å². The largest absolute Gasteiger partial charge is 0.366 e. The highest BCUT2D eigenvalue weighted by molar-refractivity contribution is 7.80. The fourth-order valence-corrected chi connectivity index (χ4v) is 2.72. The number of nitrogens with zero attached hydrogens (tertiary/aromatic N) is 2. The van der Waals surface area contributed by atoms with Crippen LogP contribution in [0.25, 0.3) is 0 Å². The van der Waals surface area contributed by atoms with Crippen LogP contribution in [0.15, 0.2) is 0 Å². The molecule has 2 saturated heterocycles. The first-order chi connectivity index (χ1) is 6.81. The minimum Gasteiger partial charge on any atom is -0.366 e. The Labute approximate surface area is 91.4 Å². The van der Waals surface area contributed by atoms with Crippen molar-refractivity contribution in [2.45, 2.75) is 25.3 Å². The van der Waals surface area contributed by atoms with Crippen molar-refractivity contribution < 1.29 is 0 Å². The molecule has 1 unspecified atom stereocenters. The summed E-state index contributed by atoms with van der Waals surface area (Å²) in [5, 5.41) is 4.00. The lowest BCUT2D eigenvalue weighted by Crippen LogP contribution is -2.43. The Morgan fingerprint density at radius 2 is 2.07 bits per heavy atom. The van der Waals surface area contributed by atoms with Crippen molar-refractivity contribution in [2.24, 2.45) is 0 Å². The van der Waals surface area contributed by atoms with E-state index in [1.54, 1.807) is 0 Å². The predicted octanol–water partition coefficient (Wildman–Crippen LogP) is 0.661. The lowest BCUT2D eigenvalue weighted by Gasteiger charge is -2.27. The van der Waals surface area contributed by atoms with E-state index in [0.29, 0.717) is 0 Å². The van der Waals surface area contributed by atoms with Gasteiger partial charge in [0.25, 0.3) is 0 Å². The Kier molecular flexibility index (Phi) is 3.23. The lowest BCUT2D eigenvalue weighted by molar-refractivity contribution is 0.255. The number of hydrogen-bond acceptors (Lipinski definition) is 2. The SMILES string of the molecule is CNC(=S)N1CCCN2CCCC2C1. The predicted molar refractivity (Wildman–Crippen MR) is 62.4 cm³/mol. The van der Waals surface area contributed by atoms with Gasteiger partial charge in [-0.1, -0.05) is 0 Å². The van der Waals surface area contributed by atoms with Crippen LogP contribution in [-0.2, 0) is 0 Å². The standard InChI is InChI=1S/C10H19N3S/c1-11-10(14)13-7-3-6-12-5-2-4-9(12)8-13/h9H,2-8H2,1H3,(H,11,14). The first kappa shape index (κ1) is 10.2. The third kappa shape index (κ3) is 2.01. The van der Waals surface area contributed by atoms with Gasteiger partial charge in [0.2, 0.25) is 0 Å². The quantitative estimate of drug-likeness (QED) is 0.596. The second-order valence-corrected chi connectivity index (χ2v) is 4.57. The van der Waals surface area contributed by atoms with Crippen molar-refractivity contribution >= 4 is 17.3 Å². The molecule has 2 heterocycles. The van der Waals surface area contributed by atoms with E-state index in [1.165, 1.54) is 32.4 Å². The molecule has 2 aliphatic heterocycles. The van der Waals surface area contributed by atoms with Crippen molar-refractivity contribution in [3.05, 3.63) is 0 Å². The van der Waals surface area contributed by atoms with E-state index in [0.717, 1.165) is 24.2 Å². The Hall–Kier alpha value is -0.350. The second-order valence-electron chi connectivity index (χ2n) is 4.19. The van der Waals surface area contributed by atoms with Crippen molar-refractivity contribution in [1.82, 2.24) is 15.1 Å². The number of fused-ring (bicyclic) bond motifs is 1. The van der Waals surface area contributed by atoms with Crippen LogP contribution in [0.4, 0.5) is 0 Å². The van der Waals surface area contributed by atoms with E-state index in [1.807, 2.05) is 7.05 Å². The minimum atomic E-state index is 0.754. The van der Waals surface area contributed by atoms with Crippen LogP contribution < -0.4 is 5.32 Å². The molecular formula is C10H19N3S. The van der Waals surface area contributed by atoms with Gasteiger partial charge < -0.3 is 10.2 Å². The molecule has 1 N–H and O–H groups in total. The average Bonchev–Trinajstić information content (AvgIpc) is 2.54. The highest BCUT2D eigenvalue weighted by Crippen LogP contribution is 2.21. The summed E-state index contributed by atoms with van der Waals surface area (Å²) in [5.74, 6) is 0. The van der Waals surface area contributed by atoms with E-state index in [9.17, 15) is 0 Å². The lowest BCUT2D eigenvalue weighted by atomic mass is 10.2. The first-order valence-corrected chi connectivity index (χ1v) is 5.93. The maximum atomic E-state index is 5.29. The summed E-state index contributed by atoms with van der Waals surface area (Å²) in [4.78, 5) is 4.95. The fraction of sp³-hybridized carbons (Fsp3) is 0.900. The van der Waals surface area contributed by atoms with Crippen molar-refractivity contribution in [3.8, 4) is 0 Å². The van der Waals surface area contributed by atoms with Gasteiger partial charge in [-0.3, -0.25) is 4.90 Å². The normalized spacial score (nSPS) is 28.4. The zero-order valence-electron chi connectivity index (χ0n) is 8.83. The summed E-state index contributed by atoms with van der Waals surface area (Å²) in [6, 6.07) is 0.754. The third-order valence-corrected chi connectivity index (χ3v) is 3.77. The number of rotatable bonds is 0. The summed E-state index contributed by atoms with van der Waals surface area (Å²) in [7, 11) is 1.92. The molecule has 80 valence electrons. The molecule has 2 aliphatic rings. The maximum absolute atomic E-state index is 5.29. The number of hydrogen-bond donors (Lipinski definition) is 1. The van der Waals surface area contributed by atoms with E-state index in [2.05, 4.69) is 15.1 Å². The molecule has 0 aromatic heterocycles. The Bertz CT molecular complexity index is 219. The molecule has 0 spiro atoms. The Morgan fingerprint density at radius 3 is 2.86 bits per heavy atom. The van der Waals surface area contributed by atoms with Gasteiger partial charge in [0.15, 0.2) is 5.11 Å². The van der Waals surface area contributed by atoms with E-state index in [-0.39, 0.29) is 0 Å². The van der Waals surface area contributed by atoms with Gasteiger partial charge in [0.05, 0.1) is 0 Å². The fourth-order valence-electron chi connectivity index (χ4n) is 2.55. The molecule has 14 heavy (non-hydrogen) atoms. The van der Waals surface area contributed by atoms with Gasteiger partial charge in [0.1, 0.15) is 0 Å². The zero-order chi connectivity index (χ0) is 9.97. The summed E-state index contributed by atoms with van der Waals surface area (Å²) >= 11 is 5.29. The molecule has 0 bridgehead atoms. The number of thiocarbonyl (C=S) groups is 1. The van der Waals surface area contributed by atoms with E-state index < -0.39 is 0 Å². The molecule has 0 saturated carbocycles. The summed E-state index contributed by atoms with van der Waals surface area (Å²) in [5.41, 5.74) is 0. The van der Waals surface area contributed by atoms with E-state index in [4.69, 9.17) is 12.2 Å². The molecular weight excluding hydrogens is 194 g/mol. The molecule has 4 heteroatoms. The molecule has 2 fully saturated rings. The zero-order valence-corrected chi connectivity index (χ0v) is 9.65. The monoisotopic (exact) mass is 213 g/mol. The van der Waals surface area contributed by atoms with Gasteiger partial charge >= 0.3 is 0 Å². The van der Waals surface area contributed by atoms with Crippen LogP contribution >= 0.6 is 12.2 Å². The first-order valence-electron chi connectivity index (χ1n) is 5.52. The van der Waals surface area contributed by atoms with Crippen LogP contribution in [0.3, 0.4) is 0 Å². The molecule has 0 aromatic rings. The molecule has 0 aliphatic carbocycles. The van der Waals surface area contributed by atoms with Gasteiger partial charge in [-0.2, -0.15) is 0 Å². The molecule has 0 aromatic carbocycles. The van der Waals surface area contributed by atoms with Crippen LogP contribution in [-0.4, -0.2) is 54.2 Å². The van der Waals surface area contributed by atoms with E-state index >= 15 is 0 Å². The molecule has 0 radical (unpaired) electrons. The summed E-state index contributed by atoms with van der Waals surface area (Å²) in [6.45, 7) is 4.80. The third-order valence-electron chi connectivity index (χ3n) is 3.30. The molecule has 0 amide bonds. The topological polar surface area (TPSA) is 18.5 Å². The summed E-state index contributed by atoms with van der Waals surface area (Å²) in [6.07, 6.45) is 3.96. The number of nitrogens with one attached hydrogen (secondary N) is 1. The Balaban J connectivity index is 1.98. The Morgan fingerprint density at radius 1 is 1.29 bits per heavy atom. The van der Waals surface area contributed by atoms with Crippen molar-refractivity contribution in [1.29, 1.82) is 0 Å².